The molecule has 1 saturated heterocycles. The lowest BCUT2D eigenvalue weighted by molar-refractivity contribution is -0.132. The quantitative estimate of drug-likeness (QED) is 0.692. The molecule has 0 aromatic carbocycles. The van der Waals surface area contributed by atoms with Crippen LogP contribution in [0, 0.1) is 5.41 Å². The van der Waals surface area contributed by atoms with Crippen molar-refractivity contribution in [2.45, 2.75) is 52.0 Å². The Bertz CT molecular complexity index is 378. The Morgan fingerprint density at radius 3 is 2.22 bits per heavy atom. The lowest BCUT2D eigenvalue weighted by Crippen LogP contribution is -2.51. The second-order valence-corrected chi connectivity index (χ2v) is 6.82. The number of rotatable bonds is 8. The van der Waals surface area contributed by atoms with Gasteiger partial charge in [0.05, 0.1) is 5.41 Å². The average Bonchev–Trinajstić information content (AvgIpc) is 2.56. The average molecular weight is 326 g/mol. The molecule has 1 rings (SSSR count). The van der Waals surface area contributed by atoms with Crippen molar-refractivity contribution in [3.63, 3.8) is 0 Å². The molecule has 0 aromatic heterocycles. The molecule has 2 amide bonds. The molecule has 6 heteroatoms. The minimum Gasteiger partial charge on any atom is -0.353 e. The molecule has 0 unspecified atom stereocenters. The van der Waals surface area contributed by atoms with Crippen LogP contribution in [0.15, 0.2) is 0 Å². The van der Waals surface area contributed by atoms with E-state index in [0.29, 0.717) is 13.0 Å². The van der Waals surface area contributed by atoms with Crippen LogP contribution < -0.4 is 11.1 Å². The van der Waals surface area contributed by atoms with Crippen LogP contribution in [0.25, 0.3) is 0 Å². The molecule has 6 nitrogen and oxygen atoms in total. The van der Waals surface area contributed by atoms with E-state index in [9.17, 15) is 9.59 Å². The normalized spacial score (nSPS) is 17.1. The third kappa shape index (κ3) is 5.46. The molecule has 0 aromatic rings. The van der Waals surface area contributed by atoms with Crippen molar-refractivity contribution in [1.82, 2.24) is 15.1 Å². The Morgan fingerprint density at radius 2 is 1.78 bits per heavy atom. The summed E-state index contributed by atoms with van der Waals surface area (Å²) in [7, 11) is 3.57. The zero-order valence-electron chi connectivity index (χ0n) is 15.2. The number of hydrogen-bond donors (Lipinski definition) is 2. The molecule has 0 aliphatic carbocycles. The molecular weight excluding hydrogens is 292 g/mol. The summed E-state index contributed by atoms with van der Waals surface area (Å²) in [5.74, 6) is 0.269. The van der Waals surface area contributed by atoms with E-state index in [0.717, 1.165) is 45.3 Å². The van der Waals surface area contributed by atoms with Crippen LogP contribution in [0.1, 0.15) is 46.0 Å². The van der Waals surface area contributed by atoms with Gasteiger partial charge in [-0.1, -0.05) is 13.8 Å². The van der Waals surface area contributed by atoms with E-state index in [-0.39, 0.29) is 17.9 Å². The molecular formula is C17H34N4O2. The number of piperidine rings is 1. The molecule has 3 N–H and O–H groups in total. The Hall–Kier alpha value is -1.14. The number of carbonyl (C=O) groups excluding carboxylic acids is 2. The van der Waals surface area contributed by atoms with E-state index in [1.807, 2.05) is 13.8 Å². The topological polar surface area (TPSA) is 78.7 Å². The molecule has 0 bridgehead atoms. The second-order valence-electron chi connectivity index (χ2n) is 6.82. The Labute approximate surface area is 140 Å². The predicted octanol–water partition coefficient (Wildman–Crippen LogP) is 0.810. The minimum absolute atomic E-state index is 0.103. The summed E-state index contributed by atoms with van der Waals surface area (Å²) in [5, 5.41) is 3.20. The Balaban J connectivity index is 2.39. The highest BCUT2D eigenvalue weighted by atomic mass is 16.2. The van der Waals surface area contributed by atoms with Crippen molar-refractivity contribution in [1.29, 1.82) is 0 Å². The molecule has 1 fully saturated rings. The summed E-state index contributed by atoms with van der Waals surface area (Å²) < 4.78 is 0. The van der Waals surface area contributed by atoms with Gasteiger partial charge in [-0.2, -0.15) is 0 Å². The first kappa shape index (κ1) is 19.9. The van der Waals surface area contributed by atoms with Crippen molar-refractivity contribution < 1.29 is 9.59 Å². The van der Waals surface area contributed by atoms with Crippen LogP contribution in [0.5, 0.6) is 0 Å². The van der Waals surface area contributed by atoms with E-state index >= 15 is 0 Å². The monoisotopic (exact) mass is 326 g/mol. The van der Waals surface area contributed by atoms with Gasteiger partial charge in [0.2, 0.25) is 11.8 Å². The van der Waals surface area contributed by atoms with Crippen LogP contribution >= 0.6 is 0 Å². The van der Waals surface area contributed by atoms with E-state index in [2.05, 4.69) is 10.2 Å². The van der Waals surface area contributed by atoms with Crippen molar-refractivity contribution in [3.8, 4) is 0 Å². The van der Waals surface area contributed by atoms with E-state index < -0.39 is 5.41 Å². The molecule has 0 radical (unpaired) electrons. The molecule has 134 valence electrons. The van der Waals surface area contributed by atoms with Gasteiger partial charge in [0.25, 0.3) is 0 Å². The van der Waals surface area contributed by atoms with Crippen LogP contribution in [-0.4, -0.2) is 67.9 Å². The summed E-state index contributed by atoms with van der Waals surface area (Å²) in [5.41, 5.74) is 5.42. The molecule has 0 saturated carbocycles. The number of nitrogens with one attached hydrogen (secondary N) is 1. The van der Waals surface area contributed by atoms with Gasteiger partial charge in [-0.15, -0.1) is 0 Å². The molecule has 1 aliphatic rings. The lowest BCUT2D eigenvalue weighted by atomic mass is 9.81. The number of amides is 2. The Morgan fingerprint density at radius 1 is 1.22 bits per heavy atom. The summed E-state index contributed by atoms with van der Waals surface area (Å²) >= 11 is 0. The zero-order valence-corrected chi connectivity index (χ0v) is 15.2. The molecule has 0 atom stereocenters. The van der Waals surface area contributed by atoms with Gasteiger partial charge in [0.1, 0.15) is 0 Å². The first-order chi connectivity index (χ1) is 10.9. The van der Waals surface area contributed by atoms with Gasteiger partial charge in [-0.05, 0) is 25.7 Å². The van der Waals surface area contributed by atoms with Crippen LogP contribution in [-0.2, 0) is 9.59 Å². The highest BCUT2D eigenvalue weighted by molar-refractivity contribution is 5.83. The smallest absolute Gasteiger partial charge is 0.227 e. The van der Waals surface area contributed by atoms with Crippen molar-refractivity contribution >= 4 is 11.8 Å². The fourth-order valence-electron chi connectivity index (χ4n) is 3.07. The molecule has 0 spiro atoms. The van der Waals surface area contributed by atoms with Crippen molar-refractivity contribution in [3.05, 3.63) is 0 Å². The molecule has 1 heterocycles. The van der Waals surface area contributed by atoms with E-state index in [4.69, 9.17) is 5.73 Å². The highest BCUT2D eigenvalue weighted by Crippen LogP contribution is 2.26. The zero-order chi connectivity index (χ0) is 17.5. The standard InChI is InChI=1S/C17H34N4O2/c1-5-17(6-2,13-18)16(23)19-14-7-10-21(11-8-14)12-9-15(22)20(3)4/h14H,5-13,18H2,1-4H3,(H,19,23). The minimum atomic E-state index is -0.421. The maximum absolute atomic E-state index is 12.5. The van der Waals surface area contributed by atoms with Gasteiger partial charge in [-0.25, -0.2) is 0 Å². The summed E-state index contributed by atoms with van der Waals surface area (Å²) in [6, 6.07) is 0.229. The van der Waals surface area contributed by atoms with Gasteiger partial charge < -0.3 is 20.9 Å². The summed E-state index contributed by atoms with van der Waals surface area (Å²) in [6.45, 7) is 7.12. The third-order valence-electron chi connectivity index (χ3n) is 5.29. The molecule has 23 heavy (non-hydrogen) atoms. The highest BCUT2D eigenvalue weighted by Gasteiger charge is 2.35. The van der Waals surface area contributed by atoms with Gasteiger partial charge >= 0.3 is 0 Å². The lowest BCUT2D eigenvalue weighted by Gasteiger charge is -2.35. The summed E-state index contributed by atoms with van der Waals surface area (Å²) in [6.07, 6.45) is 3.99. The third-order valence-corrected chi connectivity index (χ3v) is 5.29. The fourth-order valence-corrected chi connectivity index (χ4v) is 3.07. The van der Waals surface area contributed by atoms with E-state index in [1.54, 1.807) is 19.0 Å². The SMILES string of the molecule is CCC(CC)(CN)C(=O)NC1CCN(CCC(=O)N(C)C)CC1. The first-order valence-electron chi connectivity index (χ1n) is 8.82. The largest absolute Gasteiger partial charge is 0.353 e. The van der Waals surface area contributed by atoms with Crippen LogP contribution in [0.2, 0.25) is 0 Å². The maximum Gasteiger partial charge on any atom is 0.227 e. The van der Waals surface area contributed by atoms with Crippen LogP contribution in [0.3, 0.4) is 0 Å². The fraction of sp³-hybridized carbons (Fsp3) is 0.882. The Kier molecular flexibility index (Phi) is 7.99. The van der Waals surface area contributed by atoms with Crippen molar-refractivity contribution in [2.75, 3.05) is 40.3 Å². The second kappa shape index (κ2) is 9.23. The number of hydrogen-bond acceptors (Lipinski definition) is 4. The first-order valence-corrected chi connectivity index (χ1v) is 8.82. The molecule has 1 aliphatic heterocycles. The summed E-state index contributed by atoms with van der Waals surface area (Å²) in [4.78, 5) is 28.1. The van der Waals surface area contributed by atoms with Gasteiger partial charge in [-0.3, -0.25) is 9.59 Å². The van der Waals surface area contributed by atoms with Crippen molar-refractivity contribution in [2.24, 2.45) is 11.1 Å². The van der Waals surface area contributed by atoms with Crippen LogP contribution in [0.4, 0.5) is 0 Å². The number of nitrogens with zero attached hydrogens (tertiary/aromatic N) is 2. The van der Waals surface area contributed by atoms with Gasteiger partial charge in [0.15, 0.2) is 0 Å². The number of nitrogens with two attached hydrogens (primary N) is 1. The van der Waals surface area contributed by atoms with E-state index in [1.165, 1.54) is 0 Å². The van der Waals surface area contributed by atoms with Gasteiger partial charge in [0, 0.05) is 52.7 Å². The predicted molar refractivity (Wildman–Crippen MR) is 93.0 cm³/mol. The number of carbonyl (C=O) groups is 2. The number of likely N-dealkylation sites (tertiary alicyclic amines) is 1. The maximum atomic E-state index is 12.5.